The SMILES string of the molecule is Cc1nnc(SCC(=O)O)n1N1C(C)CCCC1C. The second-order valence-corrected chi connectivity index (χ2v) is 5.98. The number of thioether (sulfide) groups is 1. The molecule has 0 aliphatic carbocycles. The van der Waals surface area contributed by atoms with Crippen LogP contribution in [0, 0.1) is 6.92 Å². The van der Waals surface area contributed by atoms with Gasteiger partial charge in [-0.1, -0.05) is 11.8 Å². The van der Waals surface area contributed by atoms with E-state index in [1.54, 1.807) is 0 Å². The van der Waals surface area contributed by atoms with Crippen molar-refractivity contribution in [2.24, 2.45) is 0 Å². The molecule has 1 fully saturated rings. The van der Waals surface area contributed by atoms with Gasteiger partial charge in [0.1, 0.15) is 5.82 Å². The Bertz CT molecular complexity index is 453. The lowest BCUT2D eigenvalue weighted by Gasteiger charge is -2.41. The Balaban J connectivity index is 2.26. The van der Waals surface area contributed by atoms with Gasteiger partial charge in [0.05, 0.1) is 5.75 Å². The molecule has 2 atom stereocenters. The van der Waals surface area contributed by atoms with E-state index in [2.05, 4.69) is 29.1 Å². The van der Waals surface area contributed by atoms with E-state index in [-0.39, 0.29) is 5.75 Å². The number of carbonyl (C=O) groups is 1. The van der Waals surface area contributed by atoms with Crippen LogP contribution in [-0.4, -0.2) is 43.8 Å². The van der Waals surface area contributed by atoms with E-state index in [0.29, 0.717) is 17.2 Å². The fraction of sp³-hybridized carbons (Fsp3) is 0.750. The molecule has 0 bridgehead atoms. The summed E-state index contributed by atoms with van der Waals surface area (Å²) in [7, 11) is 0. The first kappa shape index (κ1) is 14.2. The van der Waals surface area contributed by atoms with Gasteiger partial charge in [0.25, 0.3) is 0 Å². The molecule has 106 valence electrons. The molecule has 7 heteroatoms. The van der Waals surface area contributed by atoms with Gasteiger partial charge in [-0.05, 0) is 40.0 Å². The Hall–Kier alpha value is -1.24. The molecule has 1 aromatic heterocycles. The highest BCUT2D eigenvalue weighted by Crippen LogP contribution is 2.25. The van der Waals surface area contributed by atoms with E-state index in [0.717, 1.165) is 18.7 Å². The van der Waals surface area contributed by atoms with E-state index in [1.807, 2.05) is 11.6 Å². The Morgan fingerprint density at radius 3 is 2.58 bits per heavy atom. The molecule has 2 rings (SSSR count). The Morgan fingerprint density at radius 1 is 1.37 bits per heavy atom. The number of nitrogens with zero attached hydrogens (tertiary/aromatic N) is 4. The first-order valence-corrected chi connectivity index (χ1v) is 7.54. The van der Waals surface area contributed by atoms with E-state index >= 15 is 0 Å². The molecule has 0 amide bonds. The van der Waals surface area contributed by atoms with Crippen LogP contribution in [0.4, 0.5) is 0 Å². The molecule has 0 radical (unpaired) electrons. The fourth-order valence-electron chi connectivity index (χ4n) is 2.62. The lowest BCUT2D eigenvalue weighted by atomic mass is 10.00. The lowest BCUT2D eigenvalue weighted by Crippen LogP contribution is -2.51. The third kappa shape index (κ3) is 3.02. The zero-order chi connectivity index (χ0) is 14.0. The van der Waals surface area contributed by atoms with Crippen LogP contribution < -0.4 is 5.01 Å². The average Bonchev–Trinajstić information content (AvgIpc) is 2.69. The molecule has 2 unspecified atom stereocenters. The second-order valence-electron chi connectivity index (χ2n) is 5.03. The Labute approximate surface area is 117 Å². The van der Waals surface area contributed by atoms with Crippen LogP contribution in [0.3, 0.4) is 0 Å². The highest BCUT2D eigenvalue weighted by atomic mass is 32.2. The van der Waals surface area contributed by atoms with Gasteiger partial charge in [-0.2, -0.15) is 0 Å². The molecule has 0 aromatic carbocycles. The standard InChI is InChI=1S/C12H20N4O2S/c1-8-5-4-6-9(2)15(8)16-10(3)13-14-12(16)19-7-11(17)18/h8-9H,4-7H2,1-3H3,(H,17,18). The summed E-state index contributed by atoms with van der Waals surface area (Å²) in [6.07, 6.45) is 3.52. The molecule has 2 heterocycles. The molecule has 0 spiro atoms. The molecule has 19 heavy (non-hydrogen) atoms. The van der Waals surface area contributed by atoms with Crippen molar-refractivity contribution < 1.29 is 9.90 Å². The normalized spacial score (nSPS) is 23.6. The van der Waals surface area contributed by atoms with Crippen molar-refractivity contribution in [3.05, 3.63) is 5.82 Å². The third-order valence-electron chi connectivity index (χ3n) is 3.47. The quantitative estimate of drug-likeness (QED) is 0.848. The first-order chi connectivity index (χ1) is 9.00. The van der Waals surface area contributed by atoms with Crippen LogP contribution in [-0.2, 0) is 4.79 Å². The number of hydrogen-bond donors (Lipinski definition) is 1. The van der Waals surface area contributed by atoms with E-state index < -0.39 is 5.97 Å². The molecule has 1 N–H and O–H groups in total. The van der Waals surface area contributed by atoms with Gasteiger partial charge >= 0.3 is 5.97 Å². The van der Waals surface area contributed by atoms with E-state index in [4.69, 9.17) is 5.11 Å². The summed E-state index contributed by atoms with van der Waals surface area (Å²) >= 11 is 1.22. The molecule has 0 saturated carbocycles. The van der Waals surface area contributed by atoms with E-state index in [1.165, 1.54) is 18.2 Å². The van der Waals surface area contributed by atoms with Crippen molar-refractivity contribution >= 4 is 17.7 Å². The molecular formula is C12H20N4O2S. The smallest absolute Gasteiger partial charge is 0.313 e. The average molecular weight is 284 g/mol. The Morgan fingerprint density at radius 2 is 2.00 bits per heavy atom. The lowest BCUT2D eigenvalue weighted by molar-refractivity contribution is -0.133. The topological polar surface area (TPSA) is 71.2 Å². The van der Waals surface area contributed by atoms with Crippen LogP contribution >= 0.6 is 11.8 Å². The number of carboxylic acids is 1. The zero-order valence-electron chi connectivity index (χ0n) is 11.5. The number of aryl methyl sites for hydroxylation is 1. The monoisotopic (exact) mass is 284 g/mol. The predicted molar refractivity (Wildman–Crippen MR) is 74.1 cm³/mol. The fourth-order valence-corrected chi connectivity index (χ4v) is 3.32. The maximum Gasteiger partial charge on any atom is 0.313 e. The second kappa shape index (κ2) is 5.81. The number of carboxylic acid groups (broad SMARTS) is 1. The summed E-state index contributed by atoms with van der Waals surface area (Å²) in [4.78, 5) is 10.7. The van der Waals surface area contributed by atoms with Crippen molar-refractivity contribution in [1.29, 1.82) is 0 Å². The summed E-state index contributed by atoms with van der Waals surface area (Å²) in [5, 5.41) is 19.9. The van der Waals surface area contributed by atoms with Gasteiger partial charge < -0.3 is 10.1 Å². The molecular weight excluding hydrogens is 264 g/mol. The summed E-state index contributed by atoms with van der Waals surface area (Å²) in [5.74, 6) is -0.0141. The summed E-state index contributed by atoms with van der Waals surface area (Å²) in [5.41, 5.74) is 0. The Kier molecular flexibility index (Phi) is 4.34. The molecule has 6 nitrogen and oxygen atoms in total. The number of rotatable bonds is 4. The minimum Gasteiger partial charge on any atom is -0.481 e. The van der Waals surface area contributed by atoms with Crippen LogP contribution in [0.5, 0.6) is 0 Å². The minimum absolute atomic E-state index is 0.00867. The van der Waals surface area contributed by atoms with Crippen LogP contribution in [0.15, 0.2) is 5.16 Å². The number of piperidine rings is 1. The van der Waals surface area contributed by atoms with Crippen LogP contribution in [0.1, 0.15) is 38.9 Å². The van der Waals surface area contributed by atoms with Gasteiger partial charge in [-0.25, -0.2) is 4.68 Å². The van der Waals surface area contributed by atoms with Gasteiger partial charge in [-0.15, -0.1) is 10.2 Å². The third-order valence-corrected chi connectivity index (χ3v) is 4.37. The zero-order valence-corrected chi connectivity index (χ0v) is 12.4. The highest BCUT2D eigenvalue weighted by molar-refractivity contribution is 7.99. The van der Waals surface area contributed by atoms with Gasteiger partial charge in [0, 0.05) is 12.1 Å². The van der Waals surface area contributed by atoms with Gasteiger partial charge in [0.2, 0.25) is 5.16 Å². The van der Waals surface area contributed by atoms with E-state index in [9.17, 15) is 4.79 Å². The largest absolute Gasteiger partial charge is 0.481 e. The highest BCUT2D eigenvalue weighted by Gasteiger charge is 2.28. The first-order valence-electron chi connectivity index (χ1n) is 6.56. The van der Waals surface area contributed by atoms with Gasteiger partial charge in [-0.3, -0.25) is 4.79 Å². The predicted octanol–water partition coefficient (Wildman–Crippen LogP) is 1.66. The number of hydrogen-bond acceptors (Lipinski definition) is 5. The van der Waals surface area contributed by atoms with Crippen LogP contribution in [0.2, 0.25) is 0 Å². The molecule has 1 aliphatic rings. The van der Waals surface area contributed by atoms with Crippen molar-refractivity contribution in [2.75, 3.05) is 10.8 Å². The van der Waals surface area contributed by atoms with Crippen molar-refractivity contribution in [3.63, 3.8) is 0 Å². The van der Waals surface area contributed by atoms with Crippen molar-refractivity contribution in [2.45, 2.75) is 57.3 Å². The molecule has 1 saturated heterocycles. The summed E-state index contributed by atoms with van der Waals surface area (Å²) in [6, 6.07) is 0.838. The molecule has 1 aliphatic heterocycles. The minimum atomic E-state index is -0.836. The maximum absolute atomic E-state index is 10.7. The maximum atomic E-state index is 10.7. The summed E-state index contributed by atoms with van der Waals surface area (Å²) < 4.78 is 1.99. The number of aliphatic carboxylic acids is 1. The number of aromatic nitrogens is 3. The molecule has 1 aromatic rings. The van der Waals surface area contributed by atoms with Crippen molar-refractivity contribution in [3.8, 4) is 0 Å². The van der Waals surface area contributed by atoms with Gasteiger partial charge in [0.15, 0.2) is 0 Å². The summed E-state index contributed by atoms with van der Waals surface area (Å²) in [6.45, 7) is 6.30. The van der Waals surface area contributed by atoms with Crippen LogP contribution in [0.25, 0.3) is 0 Å². The van der Waals surface area contributed by atoms with Crippen molar-refractivity contribution in [1.82, 2.24) is 14.9 Å².